The number of amides is 1. The second-order valence-electron chi connectivity index (χ2n) is 2.77. The molecule has 0 atom stereocenters. The second kappa shape index (κ2) is 4.83. The van der Waals surface area contributed by atoms with Crippen molar-refractivity contribution in [1.82, 2.24) is 5.43 Å². The fraction of sp³-hybridized carbons (Fsp3) is 0.222. The van der Waals surface area contributed by atoms with Crippen LogP contribution in [0.4, 0.5) is 0 Å². The molecule has 0 aliphatic heterocycles. The van der Waals surface area contributed by atoms with Gasteiger partial charge in [-0.1, -0.05) is 17.7 Å². The van der Waals surface area contributed by atoms with Gasteiger partial charge in [0.15, 0.2) is 6.61 Å². The van der Waals surface area contributed by atoms with Crippen LogP contribution in [0.3, 0.4) is 0 Å². The Hall–Kier alpha value is -1.26. The van der Waals surface area contributed by atoms with Gasteiger partial charge in [-0.2, -0.15) is 0 Å². The van der Waals surface area contributed by atoms with Crippen LogP contribution in [0.2, 0.25) is 5.02 Å². The zero-order valence-electron chi connectivity index (χ0n) is 7.71. The van der Waals surface area contributed by atoms with Crippen LogP contribution in [-0.2, 0) is 4.79 Å². The third-order valence-electron chi connectivity index (χ3n) is 1.67. The summed E-state index contributed by atoms with van der Waals surface area (Å²) in [5.74, 6) is 5.10. The van der Waals surface area contributed by atoms with Gasteiger partial charge in [0.1, 0.15) is 5.75 Å². The summed E-state index contributed by atoms with van der Waals surface area (Å²) in [5.41, 5.74) is 2.89. The van der Waals surface area contributed by atoms with Gasteiger partial charge in [-0.05, 0) is 24.6 Å². The van der Waals surface area contributed by atoms with Crippen molar-refractivity contribution in [3.63, 3.8) is 0 Å². The Labute approximate surface area is 87.0 Å². The number of rotatable bonds is 3. The summed E-state index contributed by atoms with van der Waals surface area (Å²) in [6.45, 7) is 1.75. The Morgan fingerprint density at radius 2 is 2.36 bits per heavy atom. The Morgan fingerprint density at radius 1 is 1.64 bits per heavy atom. The summed E-state index contributed by atoms with van der Waals surface area (Å²) in [5, 5.41) is 0.568. The zero-order valence-corrected chi connectivity index (χ0v) is 8.47. The van der Waals surface area contributed by atoms with Crippen LogP contribution in [0.5, 0.6) is 5.75 Å². The second-order valence-corrected chi connectivity index (χ2v) is 3.20. The highest BCUT2D eigenvalue weighted by Gasteiger charge is 2.03. The molecule has 0 bridgehead atoms. The molecular weight excluding hydrogens is 204 g/mol. The number of carbonyl (C=O) groups excluding carboxylic acids is 1. The molecule has 3 N–H and O–H groups in total. The van der Waals surface area contributed by atoms with E-state index in [-0.39, 0.29) is 12.5 Å². The normalized spacial score (nSPS) is 9.64. The van der Waals surface area contributed by atoms with Crippen LogP contribution in [0.25, 0.3) is 0 Å². The first-order valence-corrected chi connectivity index (χ1v) is 4.39. The molecule has 0 fully saturated rings. The quantitative estimate of drug-likeness (QED) is 0.449. The minimum Gasteiger partial charge on any atom is -0.483 e. The van der Waals surface area contributed by atoms with Gasteiger partial charge in [0.2, 0.25) is 0 Å². The van der Waals surface area contributed by atoms with Crippen molar-refractivity contribution in [1.29, 1.82) is 0 Å². The molecule has 0 radical (unpaired) electrons. The van der Waals surface area contributed by atoms with E-state index in [1.54, 1.807) is 12.1 Å². The van der Waals surface area contributed by atoms with Gasteiger partial charge in [-0.15, -0.1) is 0 Å². The fourth-order valence-electron chi connectivity index (χ4n) is 0.914. The van der Waals surface area contributed by atoms with E-state index in [2.05, 4.69) is 0 Å². The van der Waals surface area contributed by atoms with Crippen LogP contribution in [0.1, 0.15) is 5.56 Å². The number of benzene rings is 1. The molecule has 0 heterocycles. The topological polar surface area (TPSA) is 64.3 Å². The molecule has 0 saturated carbocycles. The minimum absolute atomic E-state index is 0.113. The first-order valence-electron chi connectivity index (χ1n) is 4.02. The molecular formula is C9H11ClN2O2. The number of hydrazine groups is 1. The number of halogens is 1. The lowest BCUT2D eigenvalue weighted by molar-refractivity contribution is -0.123. The maximum absolute atomic E-state index is 10.8. The zero-order chi connectivity index (χ0) is 10.6. The third kappa shape index (κ3) is 2.90. The van der Waals surface area contributed by atoms with E-state index in [0.717, 1.165) is 5.56 Å². The first kappa shape index (κ1) is 10.8. The third-order valence-corrected chi connectivity index (χ3v) is 1.91. The maximum atomic E-state index is 10.8. The van der Waals surface area contributed by atoms with E-state index in [4.69, 9.17) is 22.2 Å². The molecule has 0 unspecified atom stereocenters. The van der Waals surface area contributed by atoms with Gasteiger partial charge < -0.3 is 4.74 Å². The van der Waals surface area contributed by atoms with E-state index in [1.807, 2.05) is 18.4 Å². The smallest absolute Gasteiger partial charge is 0.271 e. The van der Waals surface area contributed by atoms with Crippen LogP contribution in [0, 0.1) is 6.92 Å². The van der Waals surface area contributed by atoms with Crippen LogP contribution < -0.4 is 16.0 Å². The fourth-order valence-corrected chi connectivity index (χ4v) is 1.08. The predicted octanol–water partition coefficient (Wildman–Crippen LogP) is 1.02. The lowest BCUT2D eigenvalue weighted by Crippen LogP contribution is -2.34. The van der Waals surface area contributed by atoms with Gasteiger partial charge in [-0.3, -0.25) is 10.2 Å². The minimum atomic E-state index is -0.385. The molecule has 5 heteroatoms. The van der Waals surface area contributed by atoms with Crippen LogP contribution >= 0.6 is 11.6 Å². The summed E-state index contributed by atoms with van der Waals surface area (Å²) >= 11 is 5.76. The van der Waals surface area contributed by atoms with E-state index in [0.29, 0.717) is 10.8 Å². The molecule has 0 aliphatic carbocycles. The van der Waals surface area contributed by atoms with Gasteiger partial charge in [0.25, 0.3) is 5.91 Å². The summed E-state index contributed by atoms with van der Waals surface area (Å²) in [6.07, 6.45) is 0. The summed E-state index contributed by atoms with van der Waals surface area (Å²) in [6, 6.07) is 5.23. The van der Waals surface area contributed by atoms with Gasteiger partial charge >= 0.3 is 0 Å². The number of ether oxygens (including phenoxy) is 1. The molecule has 1 aromatic carbocycles. The molecule has 76 valence electrons. The van der Waals surface area contributed by atoms with Crippen molar-refractivity contribution >= 4 is 17.5 Å². The molecule has 1 rings (SSSR count). The Bertz CT molecular complexity index is 342. The van der Waals surface area contributed by atoms with Crippen molar-refractivity contribution in [2.24, 2.45) is 5.84 Å². The number of hydrogen-bond donors (Lipinski definition) is 2. The van der Waals surface area contributed by atoms with Gasteiger partial charge in [0, 0.05) is 5.02 Å². The molecule has 4 nitrogen and oxygen atoms in total. The van der Waals surface area contributed by atoms with Gasteiger partial charge in [-0.25, -0.2) is 5.84 Å². The number of nitrogens with two attached hydrogens (primary N) is 1. The highest BCUT2D eigenvalue weighted by Crippen LogP contribution is 2.22. The van der Waals surface area contributed by atoms with E-state index < -0.39 is 0 Å². The van der Waals surface area contributed by atoms with E-state index >= 15 is 0 Å². The highest BCUT2D eigenvalue weighted by atomic mass is 35.5. The summed E-state index contributed by atoms with van der Waals surface area (Å²) < 4.78 is 5.19. The maximum Gasteiger partial charge on any atom is 0.271 e. The molecule has 1 aromatic rings. The number of hydrogen-bond acceptors (Lipinski definition) is 3. The summed E-state index contributed by atoms with van der Waals surface area (Å²) in [7, 11) is 0. The van der Waals surface area contributed by atoms with E-state index in [9.17, 15) is 4.79 Å². The lowest BCUT2D eigenvalue weighted by atomic mass is 10.2. The van der Waals surface area contributed by atoms with Crippen molar-refractivity contribution in [2.75, 3.05) is 6.61 Å². The molecule has 0 aromatic heterocycles. The molecule has 1 amide bonds. The molecule has 0 saturated heterocycles. The number of nitrogens with one attached hydrogen (secondary N) is 1. The predicted molar refractivity (Wildman–Crippen MR) is 54.0 cm³/mol. The first-order chi connectivity index (χ1) is 6.63. The summed E-state index contributed by atoms with van der Waals surface area (Å²) in [4.78, 5) is 10.8. The van der Waals surface area contributed by atoms with Crippen LogP contribution in [-0.4, -0.2) is 12.5 Å². The lowest BCUT2D eigenvalue weighted by Gasteiger charge is -2.07. The Morgan fingerprint density at radius 3 is 3.00 bits per heavy atom. The largest absolute Gasteiger partial charge is 0.483 e. The highest BCUT2D eigenvalue weighted by molar-refractivity contribution is 6.30. The average molecular weight is 215 g/mol. The monoisotopic (exact) mass is 214 g/mol. The molecule has 14 heavy (non-hydrogen) atoms. The average Bonchev–Trinajstić information content (AvgIpc) is 2.19. The number of aryl methyl sites for hydroxylation is 1. The number of carbonyl (C=O) groups is 1. The Balaban J connectivity index is 2.66. The standard InChI is InChI=1S/C9H11ClN2O2/c1-6-2-3-7(10)4-8(6)14-5-9(13)12-11/h2-4H,5,11H2,1H3,(H,12,13). The van der Waals surface area contributed by atoms with Crippen LogP contribution in [0.15, 0.2) is 18.2 Å². The van der Waals surface area contributed by atoms with Crippen molar-refractivity contribution in [3.8, 4) is 5.75 Å². The van der Waals surface area contributed by atoms with Gasteiger partial charge in [0.05, 0.1) is 0 Å². The Kier molecular flexibility index (Phi) is 3.73. The van der Waals surface area contributed by atoms with E-state index in [1.165, 1.54) is 0 Å². The van der Waals surface area contributed by atoms with Crippen molar-refractivity contribution in [2.45, 2.75) is 6.92 Å². The molecule has 0 spiro atoms. The molecule has 0 aliphatic rings. The van der Waals surface area contributed by atoms with Crippen molar-refractivity contribution in [3.05, 3.63) is 28.8 Å². The van der Waals surface area contributed by atoms with Crippen molar-refractivity contribution < 1.29 is 9.53 Å². The SMILES string of the molecule is Cc1ccc(Cl)cc1OCC(=O)NN.